The lowest BCUT2D eigenvalue weighted by Gasteiger charge is -2.14. The van der Waals surface area contributed by atoms with Crippen molar-refractivity contribution in [2.45, 2.75) is 26.4 Å². The predicted octanol–water partition coefficient (Wildman–Crippen LogP) is 1.26. The summed E-state index contributed by atoms with van der Waals surface area (Å²) in [6.07, 6.45) is 1.19. The zero-order valence-electron chi connectivity index (χ0n) is 16.2. The Labute approximate surface area is 167 Å². The first kappa shape index (κ1) is 21.7. The van der Waals surface area contributed by atoms with Gasteiger partial charge in [0.2, 0.25) is 5.91 Å². The fourth-order valence-corrected chi connectivity index (χ4v) is 2.25. The van der Waals surface area contributed by atoms with Gasteiger partial charge in [-0.05, 0) is 43.2 Å². The highest BCUT2D eigenvalue weighted by molar-refractivity contribution is 5.96. The Morgan fingerprint density at radius 3 is 2.38 bits per heavy atom. The second-order valence-electron chi connectivity index (χ2n) is 6.11. The van der Waals surface area contributed by atoms with E-state index in [2.05, 4.69) is 16.0 Å². The van der Waals surface area contributed by atoms with E-state index in [1.54, 1.807) is 18.2 Å². The van der Waals surface area contributed by atoms with Crippen molar-refractivity contribution in [3.63, 3.8) is 0 Å². The van der Waals surface area contributed by atoms with Crippen LogP contribution in [0.2, 0.25) is 0 Å². The van der Waals surface area contributed by atoms with E-state index < -0.39 is 36.3 Å². The lowest BCUT2D eigenvalue weighted by Crippen LogP contribution is -2.40. The summed E-state index contributed by atoms with van der Waals surface area (Å²) in [5.74, 6) is -2.33. The van der Waals surface area contributed by atoms with Crippen molar-refractivity contribution in [3.8, 4) is 0 Å². The third-order valence-corrected chi connectivity index (χ3v) is 3.89. The van der Waals surface area contributed by atoms with Crippen LogP contribution in [0.15, 0.2) is 47.1 Å². The maximum absolute atomic E-state index is 12.1. The maximum atomic E-state index is 12.1. The monoisotopic (exact) mass is 401 g/mol. The zero-order chi connectivity index (χ0) is 21.2. The van der Waals surface area contributed by atoms with Crippen molar-refractivity contribution in [2.24, 2.45) is 0 Å². The summed E-state index contributed by atoms with van der Waals surface area (Å²) in [6.45, 7) is 2.69. The number of hydrogen-bond donors (Lipinski definition) is 3. The molecule has 9 heteroatoms. The van der Waals surface area contributed by atoms with Crippen LogP contribution in [0, 0.1) is 0 Å². The van der Waals surface area contributed by atoms with E-state index in [0.717, 1.165) is 12.0 Å². The summed E-state index contributed by atoms with van der Waals surface area (Å²) in [5.41, 5.74) is 1.73. The number of amides is 3. The lowest BCUT2D eigenvalue weighted by molar-refractivity contribution is -0.152. The minimum Gasteiger partial charge on any atom is -0.459 e. The van der Waals surface area contributed by atoms with Gasteiger partial charge in [-0.1, -0.05) is 19.1 Å². The molecule has 9 nitrogen and oxygen atoms in total. The maximum Gasteiger partial charge on any atom is 0.326 e. The Morgan fingerprint density at radius 1 is 1.03 bits per heavy atom. The Morgan fingerprint density at radius 2 is 1.76 bits per heavy atom. The second-order valence-corrected chi connectivity index (χ2v) is 6.11. The number of anilines is 1. The van der Waals surface area contributed by atoms with Crippen LogP contribution in [0.1, 0.15) is 30.0 Å². The van der Waals surface area contributed by atoms with Crippen LogP contribution in [0.5, 0.6) is 0 Å². The second kappa shape index (κ2) is 10.6. The van der Waals surface area contributed by atoms with Gasteiger partial charge < -0.3 is 25.1 Å². The minimum atomic E-state index is -1.04. The molecule has 0 fully saturated rings. The van der Waals surface area contributed by atoms with Crippen molar-refractivity contribution >= 4 is 29.4 Å². The lowest BCUT2D eigenvalue weighted by atomic mass is 10.1. The summed E-state index contributed by atoms with van der Waals surface area (Å²) in [5, 5.41) is 7.29. The first-order valence-corrected chi connectivity index (χ1v) is 9.06. The van der Waals surface area contributed by atoms with Crippen LogP contribution in [-0.4, -0.2) is 42.9 Å². The molecular weight excluding hydrogens is 378 g/mol. The van der Waals surface area contributed by atoms with E-state index >= 15 is 0 Å². The third kappa shape index (κ3) is 7.13. The predicted molar refractivity (Wildman–Crippen MR) is 104 cm³/mol. The molecule has 2 aromatic rings. The normalized spacial score (nSPS) is 11.2. The number of aryl methyl sites for hydroxylation is 1. The van der Waals surface area contributed by atoms with E-state index in [1.165, 1.54) is 19.3 Å². The number of carbonyl (C=O) groups excluding carboxylic acids is 4. The van der Waals surface area contributed by atoms with E-state index in [-0.39, 0.29) is 12.3 Å². The summed E-state index contributed by atoms with van der Waals surface area (Å²) in [4.78, 5) is 47.2. The third-order valence-electron chi connectivity index (χ3n) is 3.89. The van der Waals surface area contributed by atoms with Gasteiger partial charge in [0, 0.05) is 5.69 Å². The largest absolute Gasteiger partial charge is 0.459 e. The van der Waals surface area contributed by atoms with Crippen LogP contribution < -0.4 is 16.0 Å². The molecule has 0 bridgehead atoms. The molecule has 0 radical (unpaired) electrons. The molecule has 154 valence electrons. The molecule has 1 atom stereocenters. The Hall–Kier alpha value is -3.62. The number of hydrogen-bond acceptors (Lipinski definition) is 6. The summed E-state index contributed by atoms with van der Waals surface area (Å²) < 4.78 is 9.89. The van der Waals surface area contributed by atoms with E-state index in [0.29, 0.717) is 5.69 Å². The molecule has 0 aliphatic rings. The van der Waals surface area contributed by atoms with Gasteiger partial charge in [-0.15, -0.1) is 0 Å². The molecule has 29 heavy (non-hydrogen) atoms. The topological polar surface area (TPSA) is 127 Å². The van der Waals surface area contributed by atoms with Crippen LogP contribution in [-0.2, 0) is 25.5 Å². The van der Waals surface area contributed by atoms with Gasteiger partial charge in [0.1, 0.15) is 6.54 Å². The number of benzene rings is 1. The summed E-state index contributed by atoms with van der Waals surface area (Å²) in [6, 6.07) is 10.3. The number of furan rings is 1. The van der Waals surface area contributed by atoms with Crippen LogP contribution in [0.4, 0.5) is 5.69 Å². The van der Waals surface area contributed by atoms with Gasteiger partial charge in [0.15, 0.2) is 11.9 Å². The highest BCUT2D eigenvalue weighted by atomic mass is 16.5. The van der Waals surface area contributed by atoms with Crippen LogP contribution in [0.25, 0.3) is 0 Å². The van der Waals surface area contributed by atoms with E-state index in [9.17, 15) is 19.2 Å². The van der Waals surface area contributed by atoms with Crippen molar-refractivity contribution < 1.29 is 28.3 Å². The molecule has 0 aliphatic carbocycles. The van der Waals surface area contributed by atoms with E-state index in [1.807, 2.05) is 19.1 Å². The molecule has 1 heterocycles. The Kier molecular flexibility index (Phi) is 7.96. The molecule has 0 unspecified atom stereocenters. The average Bonchev–Trinajstić information content (AvgIpc) is 3.26. The fraction of sp³-hybridized carbons (Fsp3) is 0.300. The molecule has 0 aliphatic heterocycles. The molecule has 1 aromatic carbocycles. The van der Waals surface area contributed by atoms with Gasteiger partial charge in [-0.25, -0.2) is 0 Å². The number of carbonyl (C=O) groups is 4. The number of nitrogens with one attached hydrogen (secondary N) is 3. The molecule has 3 amide bonds. The molecule has 0 spiro atoms. The highest BCUT2D eigenvalue weighted by Crippen LogP contribution is 2.10. The van der Waals surface area contributed by atoms with Gasteiger partial charge in [0.05, 0.1) is 12.8 Å². The summed E-state index contributed by atoms with van der Waals surface area (Å²) >= 11 is 0. The summed E-state index contributed by atoms with van der Waals surface area (Å²) in [7, 11) is 0. The van der Waals surface area contributed by atoms with Gasteiger partial charge >= 0.3 is 5.97 Å². The van der Waals surface area contributed by atoms with Crippen LogP contribution in [0.3, 0.4) is 0 Å². The van der Waals surface area contributed by atoms with Gasteiger partial charge in [0.25, 0.3) is 11.8 Å². The molecule has 3 N–H and O–H groups in total. The zero-order valence-corrected chi connectivity index (χ0v) is 16.2. The minimum absolute atomic E-state index is 0.0707. The smallest absolute Gasteiger partial charge is 0.326 e. The average molecular weight is 401 g/mol. The van der Waals surface area contributed by atoms with Crippen molar-refractivity contribution in [3.05, 3.63) is 54.0 Å². The van der Waals surface area contributed by atoms with Crippen molar-refractivity contribution in [1.29, 1.82) is 0 Å². The number of rotatable bonds is 9. The highest BCUT2D eigenvalue weighted by Gasteiger charge is 2.18. The molecule has 0 saturated heterocycles. The van der Waals surface area contributed by atoms with Crippen LogP contribution >= 0.6 is 0 Å². The first-order chi connectivity index (χ1) is 13.9. The van der Waals surface area contributed by atoms with Crippen molar-refractivity contribution in [1.82, 2.24) is 10.6 Å². The molecular formula is C20H23N3O6. The van der Waals surface area contributed by atoms with Gasteiger partial charge in [-0.3, -0.25) is 19.2 Å². The van der Waals surface area contributed by atoms with Crippen molar-refractivity contribution in [2.75, 3.05) is 18.4 Å². The molecule has 0 saturated carbocycles. The van der Waals surface area contributed by atoms with Gasteiger partial charge in [-0.2, -0.15) is 0 Å². The quantitative estimate of drug-likeness (QED) is 0.543. The number of esters is 1. The Balaban J connectivity index is 1.68. The fourth-order valence-electron chi connectivity index (χ4n) is 2.25. The standard InChI is InChI=1S/C20H23N3O6/c1-3-14-6-8-15(9-7-14)23-19(26)13(2)29-18(25)12-21-17(24)11-22-20(27)16-5-4-10-28-16/h4-10,13H,3,11-12H2,1-2H3,(H,21,24)(H,22,27)(H,23,26)/t13-/m1/s1. The SMILES string of the molecule is CCc1ccc(NC(=O)[C@@H](C)OC(=O)CNC(=O)CNC(=O)c2ccco2)cc1. The van der Waals surface area contributed by atoms with E-state index in [4.69, 9.17) is 9.15 Å². The first-order valence-electron chi connectivity index (χ1n) is 9.06. The molecule has 2 rings (SSSR count). The number of ether oxygens (including phenoxy) is 1. The molecule has 1 aromatic heterocycles. The Bertz CT molecular complexity index is 846.